The number of anilines is 1. The van der Waals surface area contributed by atoms with Gasteiger partial charge in [0, 0.05) is 25.0 Å². The van der Waals surface area contributed by atoms with Crippen molar-refractivity contribution in [3.63, 3.8) is 0 Å². The van der Waals surface area contributed by atoms with Crippen LogP contribution in [-0.2, 0) is 7.05 Å². The molecule has 0 radical (unpaired) electrons. The molecule has 0 saturated carbocycles. The molecule has 0 bridgehead atoms. The van der Waals surface area contributed by atoms with Gasteiger partial charge in [-0.25, -0.2) is 0 Å². The van der Waals surface area contributed by atoms with E-state index < -0.39 is 0 Å². The predicted molar refractivity (Wildman–Crippen MR) is 76.3 cm³/mol. The Bertz CT molecular complexity index is 718. The molecule has 0 aliphatic rings. The summed E-state index contributed by atoms with van der Waals surface area (Å²) in [6, 6.07) is 5.68. The lowest BCUT2D eigenvalue weighted by Crippen LogP contribution is -1.98. The Balaban J connectivity index is 2.28. The maximum atomic E-state index is 6.12. The van der Waals surface area contributed by atoms with Gasteiger partial charge in [0.05, 0.1) is 17.4 Å². The lowest BCUT2D eigenvalue weighted by molar-refractivity contribution is 0.542. The smallest absolute Gasteiger partial charge is 0.178 e. The highest BCUT2D eigenvalue weighted by molar-refractivity contribution is 9.10. The van der Waals surface area contributed by atoms with E-state index in [9.17, 15) is 0 Å². The molecule has 2 N–H and O–H groups in total. The van der Waals surface area contributed by atoms with E-state index in [1.165, 1.54) is 0 Å². The summed E-state index contributed by atoms with van der Waals surface area (Å²) in [7, 11) is 1.81. The minimum atomic E-state index is 0.594. The Morgan fingerprint density at radius 2 is 2.21 bits per heavy atom. The van der Waals surface area contributed by atoms with Gasteiger partial charge in [0.25, 0.3) is 0 Å². The summed E-state index contributed by atoms with van der Waals surface area (Å²) in [6.07, 6.45) is 5.10. The Morgan fingerprint density at radius 3 is 2.84 bits per heavy atom. The molecule has 6 heteroatoms. The number of nitrogens with zero attached hydrogens (tertiary/aromatic N) is 3. The van der Waals surface area contributed by atoms with Crippen LogP contribution in [0.4, 0.5) is 5.82 Å². The lowest BCUT2D eigenvalue weighted by Gasteiger charge is -2.02. The maximum Gasteiger partial charge on any atom is 0.178 e. The van der Waals surface area contributed by atoms with E-state index in [2.05, 4.69) is 26.0 Å². The van der Waals surface area contributed by atoms with Gasteiger partial charge in [-0.1, -0.05) is 6.07 Å². The van der Waals surface area contributed by atoms with E-state index in [0.29, 0.717) is 10.5 Å². The van der Waals surface area contributed by atoms with Crippen molar-refractivity contribution in [2.24, 2.45) is 7.05 Å². The van der Waals surface area contributed by atoms with E-state index in [4.69, 9.17) is 10.2 Å². The Hall–Kier alpha value is -2.08. The SMILES string of the molecule is Cn1nc(-c2ccoc2Br)c(-c2cccnc2)c1N. The Labute approximate surface area is 118 Å². The molecule has 3 aromatic rings. The van der Waals surface area contributed by atoms with Crippen molar-refractivity contribution in [3.8, 4) is 22.4 Å². The molecule has 3 rings (SSSR count). The number of pyridine rings is 1. The minimum Gasteiger partial charge on any atom is -0.457 e. The van der Waals surface area contributed by atoms with Crippen molar-refractivity contribution >= 4 is 21.7 Å². The molecular weight excluding hydrogens is 308 g/mol. The van der Waals surface area contributed by atoms with Gasteiger partial charge in [-0.15, -0.1) is 0 Å². The van der Waals surface area contributed by atoms with Crippen LogP contribution in [0.15, 0.2) is 45.9 Å². The average Bonchev–Trinajstić information content (AvgIpc) is 2.96. The van der Waals surface area contributed by atoms with Gasteiger partial charge in [-0.3, -0.25) is 9.67 Å². The van der Waals surface area contributed by atoms with Crippen LogP contribution in [-0.4, -0.2) is 14.8 Å². The summed E-state index contributed by atoms with van der Waals surface area (Å²) in [5.74, 6) is 0.594. The third-order valence-electron chi connectivity index (χ3n) is 2.91. The number of aromatic nitrogens is 3. The molecule has 0 atom stereocenters. The van der Waals surface area contributed by atoms with Crippen LogP contribution in [0.1, 0.15) is 0 Å². The van der Waals surface area contributed by atoms with Crippen LogP contribution in [0, 0.1) is 0 Å². The first-order valence-corrected chi connectivity index (χ1v) is 6.44. The van der Waals surface area contributed by atoms with Crippen LogP contribution in [0.25, 0.3) is 22.4 Å². The van der Waals surface area contributed by atoms with Gasteiger partial charge < -0.3 is 10.2 Å². The first-order valence-electron chi connectivity index (χ1n) is 5.64. The van der Waals surface area contributed by atoms with E-state index in [0.717, 1.165) is 22.4 Å². The van der Waals surface area contributed by atoms with Crippen molar-refractivity contribution in [1.82, 2.24) is 14.8 Å². The molecule has 3 heterocycles. The van der Waals surface area contributed by atoms with E-state index in [1.54, 1.807) is 23.3 Å². The molecule has 96 valence electrons. The number of halogens is 1. The third kappa shape index (κ3) is 1.94. The quantitative estimate of drug-likeness (QED) is 0.788. The zero-order valence-electron chi connectivity index (χ0n) is 10.2. The zero-order valence-corrected chi connectivity index (χ0v) is 11.8. The summed E-state index contributed by atoms with van der Waals surface area (Å²) in [5, 5.41) is 4.46. The molecule has 0 spiro atoms. The lowest BCUT2D eigenvalue weighted by atomic mass is 10.0. The number of aryl methyl sites for hydroxylation is 1. The van der Waals surface area contributed by atoms with Crippen molar-refractivity contribution in [3.05, 3.63) is 41.5 Å². The monoisotopic (exact) mass is 318 g/mol. The fourth-order valence-electron chi connectivity index (χ4n) is 1.98. The van der Waals surface area contributed by atoms with Crippen LogP contribution in [0.2, 0.25) is 0 Å². The molecule has 0 fully saturated rings. The highest BCUT2D eigenvalue weighted by atomic mass is 79.9. The fourth-order valence-corrected chi connectivity index (χ4v) is 2.41. The Kier molecular flexibility index (Phi) is 2.87. The average molecular weight is 319 g/mol. The number of nitrogens with two attached hydrogens (primary N) is 1. The summed E-state index contributed by atoms with van der Waals surface area (Å²) in [5.41, 5.74) is 9.54. The molecule has 0 aliphatic heterocycles. The molecule has 0 unspecified atom stereocenters. The van der Waals surface area contributed by atoms with E-state index in [1.807, 2.05) is 25.2 Å². The van der Waals surface area contributed by atoms with Crippen LogP contribution in [0.3, 0.4) is 0 Å². The highest BCUT2D eigenvalue weighted by Gasteiger charge is 2.20. The number of hydrogen-bond donors (Lipinski definition) is 1. The topological polar surface area (TPSA) is 69.9 Å². The van der Waals surface area contributed by atoms with Crippen LogP contribution in [0.5, 0.6) is 0 Å². The van der Waals surface area contributed by atoms with Crippen molar-refractivity contribution in [1.29, 1.82) is 0 Å². The van der Waals surface area contributed by atoms with Crippen LogP contribution >= 0.6 is 15.9 Å². The van der Waals surface area contributed by atoms with Crippen molar-refractivity contribution in [2.75, 3.05) is 5.73 Å². The number of rotatable bonds is 2. The van der Waals surface area contributed by atoms with Crippen molar-refractivity contribution < 1.29 is 4.42 Å². The predicted octanol–water partition coefficient (Wildman–Crippen LogP) is 3.09. The van der Waals surface area contributed by atoms with Gasteiger partial charge in [0.2, 0.25) is 0 Å². The molecule has 0 amide bonds. The first kappa shape index (κ1) is 12.0. The standard InChI is InChI=1S/C13H11BrN4O/c1-18-13(15)10(8-3-2-5-16-7-8)11(17-18)9-4-6-19-12(9)14/h2-7H,15H2,1H3. The second kappa shape index (κ2) is 4.55. The summed E-state index contributed by atoms with van der Waals surface area (Å²) < 4.78 is 7.55. The molecule has 5 nitrogen and oxygen atoms in total. The molecule has 0 aromatic carbocycles. The third-order valence-corrected chi connectivity index (χ3v) is 3.53. The number of nitrogen functional groups attached to an aromatic ring is 1. The molecule has 3 aromatic heterocycles. The highest BCUT2D eigenvalue weighted by Crippen LogP contribution is 2.38. The molecule has 19 heavy (non-hydrogen) atoms. The molecule has 0 aliphatic carbocycles. The molecule has 0 saturated heterocycles. The molecular formula is C13H11BrN4O. The summed E-state index contributed by atoms with van der Waals surface area (Å²) >= 11 is 3.37. The number of hydrogen-bond acceptors (Lipinski definition) is 4. The van der Waals surface area contributed by atoms with Crippen molar-refractivity contribution in [2.45, 2.75) is 0 Å². The van der Waals surface area contributed by atoms with E-state index >= 15 is 0 Å². The second-order valence-electron chi connectivity index (χ2n) is 4.08. The zero-order chi connectivity index (χ0) is 13.4. The first-order chi connectivity index (χ1) is 9.18. The normalized spacial score (nSPS) is 10.8. The van der Waals surface area contributed by atoms with Gasteiger partial charge in [0.15, 0.2) is 4.67 Å². The van der Waals surface area contributed by atoms with Gasteiger partial charge >= 0.3 is 0 Å². The maximum absolute atomic E-state index is 6.12. The van der Waals surface area contributed by atoms with Gasteiger partial charge in [0.1, 0.15) is 11.5 Å². The fraction of sp³-hybridized carbons (Fsp3) is 0.0769. The Morgan fingerprint density at radius 1 is 1.37 bits per heavy atom. The largest absolute Gasteiger partial charge is 0.457 e. The van der Waals surface area contributed by atoms with Crippen LogP contribution < -0.4 is 5.73 Å². The van der Waals surface area contributed by atoms with Gasteiger partial charge in [-0.2, -0.15) is 5.10 Å². The van der Waals surface area contributed by atoms with E-state index in [-0.39, 0.29) is 0 Å². The number of furan rings is 1. The second-order valence-corrected chi connectivity index (χ2v) is 4.80. The minimum absolute atomic E-state index is 0.594. The summed E-state index contributed by atoms with van der Waals surface area (Å²) in [6.45, 7) is 0. The summed E-state index contributed by atoms with van der Waals surface area (Å²) in [4.78, 5) is 4.13. The van der Waals surface area contributed by atoms with Gasteiger partial charge in [-0.05, 0) is 28.1 Å².